The first-order valence-corrected chi connectivity index (χ1v) is 6.45. The predicted molar refractivity (Wildman–Crippen MR) is 70.8 cm³/mol. The number of hydrogen-bond donors (Lipinski definition) is 1. The molecule has 0 radical (unpaired) electrons. The molecule has 1 aromatic rings. The van der Waals surface area contributed by atoms with Gasteiger partial charge in [0.2, 0.25) is 11.8 Å². The van der Waals surface area contributed by atoms with E-state index in [4.69, 9.17) is 4.74 Å². The summed E-state index contributed by atoms with van der Waals surface area (Å²) in [6.45, 7) is 8.58. The van der Waals surface area contributed by atoms with Crippen LogP contribution in [0.1, 0.15) is 39.8 Å². The van der Waals surface area contributed by atoms with Gasteiger partial charge in [0, 0.05) is 12.6 Å². The van der Waals surface area contributed by atoms with Crippen molar-refractivity contribution in [3.8, 4) is 5.88 Å². The van der Waals surface area contributed by atoms with Crippen LogP contribution in [0.5, 0.6) is 5.88 Å². The average Bonchev–Trinajstić information content (AvgIpc) is 2.26. The van der Waals surface area contributed by atoms with Gasteiger partial charge in [0.05, 0.1) is 6.61 Å². The van der Waals surface area contributed by atoms with Gasteiger partial charge >= 0.3 is 6.18 Å². The van der Waals surface area contributed by atoms with E-state index in [1.165, 1.54) is 0 Å². The number of nitrogens with zero attached hydrogens (tertiary/aromatic N) is 2. The van der Waals surface area contributed by atoms with E-state index in [2.05, 4.69) is 15.3 Å². The molecule has 0 spiro atoms. The molecule has 0 saturated carbocycles. The van der Waals surface area contributed by atoms with Gasteiger partial charge in [0.25, 0.3) is 0 Å². The molecule has 7 heteroatoms. The molecule has 0 aliphatic heterocycles. The minimum absolute atomic E-state index is 0.0460. The van der Waals surface area contributed by atoms with Crippen molar-refractivity contribution in [1.82, 2.24) is 9.97 Å². The average molecular weight is 291 g/mol. The molecule has 0 unspecified atom stereocenters. The highest BCUT2D eigenvalue weighted by atomic mass is 19.4. The minimum atomic E-state index is -4.52. The molecule has 0 amide bonds. The molecule has 0 fully saturated rings. The fraction of sp³-hybridized carbons (Fsp3) is 0.692. The van der Waals surface area contributed by atoms with E-state index >= 15 is 0 Å². The van der Waals surface area contributed by atoms with Crippen molar-refractivity contribution in [2.45, 2.75) is 40.3 Å². The van der Waals surface area contributed by atoms with Crippen LogP contribution in [0.15, 0.2) is 6.07 Å². The summed E-state index contributed by atoms with van der Waals surface area (Å²) >= 11 is 0. The van der Waals surface area contributed by atoms with Crippen LogP contribution in [0.25, 0.3) is 0 Å². The Kier molecular flexibility index (Phi) is 5.19. The first-order chi connectivity index (χ1) is 9.12. The van der Waals surface area contributed by atoms with Crippen LogP contribution in [0.2, 0.25) is 0 Å². The lowest BCUT2D eigenvalue weighted by atomic mass is 9.93. The normalized spacial score (nSPS) is 12.3. The van der Waals surface area contributed by atoms with Gasteiger partial charge in [-0.25, -0.2) is 4.98 Å². The number of aromatic nitrogens is 2. The van der Waals surface area contributed by atoms with Crippen LogP contribution in [0, 0.1) is 5.41 Å². The summed E-state index contributed by atoms with van der Waals surface area (Å²) in [5.41, 5.74) is -0.959. The summed E-state index contributed by atoms with van der Waals surface area (Å²) in [6, 6.07) is 0.823. The Morgan fingerprint density at radius 2 is 1.85 bits per heavy atom. The molecule has 0 saturated heterocycles. The van der Waals surface area contributed by atoms with Crippen molar-refractivity contribution in [1.29, 1.82) is 0 Å². The SMILES string of the molecule is CCNc1nc(OCCC(C)(C)C)cc(C(F)(F)F)n1. The quantitative estimate of drug-likeness (QED) is 0.897. The lowest BCUT2D eigenvalue weighted by molar-refractivity contribution is -0.141. The van der Waals surface area contributed by atoms with Gasteiger partial charge in [-0.3, -0.25) is 0 Å². The predicted octanol–water partition coefficient (Wildman–Crippen LogP) is 3.74. The van der Waals surface area contributed by atoms with E-state index in [9.17, 15) is 13.2 Å². The highest BCUT2D eigenvalue weighted by Crippen LogP contribution is 2.30. The van der Waals surface area contributed by atoms with E-state index in [1.807, 2.05) is 20.8 Å². The molecular formula is C13H20F3N3O. The Labute approximate surface area is 116 Å². The highest BCUT2D eigenvalue weighted by molar-refractivity contribution is 5.31. The van der Waals surface area contributed by atoms with Crippen molar-refractivity contribution >= 4 is 5.95 Å². The second-order valence-corrected chi connectivity index (χ2v) is 5.60. The Bertz CT molecular complexity index is 441. The first-order valence-electron chi connectivity index (χ1n) is 6.45. The number of halogens is 3. The summed E-state index contributed by atoms with van der Waals surface area (Å²) < 4.78 is 43.5. The summed E-state index contributed by atoms with van der Waals surface area (Å²) in [6.07, 6.45) is -3.80. The minimum Gasteiger partial charge on any atom is -0.478 e. The van der Waals surface area contributed by atoms with E-state index in [0.29, 0.717) is 13.2 Å². The summed E-state index contributed by atoms with van der Waals surface area (Å²) in [5.74, 6) is -0.138. The maximum absolute atomic E-state index is 12.7. The lowest BCUT2D eigenvalue weighted by Crippen LogP contribution is -2.15. The summed E-state index contributed by atoms with van der Waals surface area (Å²) in [5, 5.41) is 2.66. The number of nitrogens with one attached hydrogen (secondary N) is 1. The molecule has 1 heterocycles. The summed E-state index contributed by atoms with van der Waals surface area (Å²) in [7, 11) is 0. The molecule has 0 atom stereocenters. The van der Waals surface area contributed by atoms with E-state index < -0.39 is 11.9 Å². The van der Waals surface area contributed by atoms with E-state index in [-0.39, 0.29) is 17.2 Å². The number of alkyl halides is 3. The van der Waals surface area contributed by atoms with Crippen LogP contribution in [0.4, 0.5) is 19.1 Å². The van der Waals surface area contributed by atoms with E-state index in [1.54, 1.807) is 6.92 Å². The molecule has 1 aromatic heterocycles. The topological polar surface area (TPSA) is 47.0 Å². The fourth-order valence-corrected chi connectivity index (χ4v) is 1.34. The van der Waals surface area contributed by atoms with Crippen molar-refractivity contribution in [3.05, 3.63) is 11.8 Å². The zero-order chi connectivity index (χ0) is 15.4. The molecular weight excluding hydrogens is 271 g/mol. The Hall–Kier alpha value is -1.53. The van der Waals surface area contributed by atoms with Crippen molar-refractivity contribution < 1.29 is 17.9 Å². The van der Waals surface area contributed by atoms with Crippen LogP contribution >= 0.6 is 0 Å². The standard InChI is InChI=1S/C13H20F3N3O/c1-5-17-11-18-9(13(14,15)16)8-10(19-11)20-7-6-12(2,3)4/h8H,5-7H2,1-4H3,(H,17,18,19). The van der Waals surface area contributed by atoms with Crippen LogP contribution < -0.4 is 10.1 Å². The second kappa shape index (κ2) is 6.28. The molecule has 114 valence electrons. The largest absolute Gasteiger partial charge is 0.478 e. The Morgan fingerprint density at radius 3 is 2.35 bits per heavy atom. The van der Waals surface area contributed by atoms with E-state index in [0.717, 1.165) is 12.5 Å². The lowest BCUT2D eigenvalue weighted by Gasteiger charge is -2.18. The van der Waals surface area contributed by atoms with Crippen LogP contribution in [0.3, 0.4) is 0 Å². The Morgan fingerprint density at radius 1 is 1.20 bits per heavy atom. The molecule has 20 heavy (non-hydrogen) atoms. The summed E-state index contributed by atoms with van der Waals surface area (Å²) in [4.78, 5) is 7.34. The maximum Gasteiger partial charge on any atom is 0.433 e. The van der Waals surface area contributed by atoms with Crippen LogP contribution in [-0.4, -0.2) is 23.1 Å². The second-order valence-electron chi connectivity index (χ2n) is 5.60. The van der Waals surface area contributed by atoms with Gasteiger partial charge < -0.3 is 10.1 Å². The van der Waals surface area contributed by atoms with Crippen molar-refractivity contribution in [3.63, 3.8) is 0 Å². The zero-order valence-electron chi connectivity index (χ0n) is 12.1. The molecule has 0 aliphatic rings. The van der Waals surface area contributed by atoms with Gasteiger partial charge in [0.15, 0.2) is 5.69 Å². The molecule has 1 rings (SSSR count). The number of anilines is 1. The van der Waals surface area contributed by atoms with Gasteiger partial charge in [0.1, 0.15) is 0 Å². The first kappa shape index (κ1) is 16.5. The molecule has 4 nitrogen and oxygen atoms in total. The molecule has 1 N–H and O–H groups in total. The third-order valence-electron chi connectivity index (χ3n) is 2.43. The zero-order valence-corrected chi connectivity index (χ0v) is 12.1. The molecule has 0 aliphatic carbocycles. The third-order valence-corrected chi connectivity index (χ3v) is 2.43. The highest BCUT2D eigenvalue weighted by Gasteiger charge is 2.34. The number of hydrogen-bond acceptors (Lipinski definition) is 4. The van der Waals surface area contributed by atoms with Gasteiger partial charge in [-0.1, -0.05) is 20.8 Å². The fourth-order valence-electron chi connectivity index (χ4n) is 1.34. The smallest absolute Gasteiger partial charge is 0.433 e. The van der Waals surface area contributed by atoms with Crippen molar-refractivity contribution in [2.75, 3.05) is 18.5 Å². The monoisotopic (exact) mass is 291 g/mol. The number of rotatable bonds is 5. The molecule has 0 aromatic carbocycles. The van der Waals surface area contributed by atoms with Crippen LogP contribution in [-0.2, 0) is 6.18 Å². The van der Waals surface area contributed by atoms with Crippen molar-refractivity contribution in [2.24, 2.45) is 5.41 Å². The van der Waals surface area contributed by atoms with Gasteiger partial charge in [-0.2, -0.15) is 18.2 Å². The molecule has 0 bridgehead atoms. The third kappa shape index (κ3) is 5.63. The van der Waals surface area contributed by atoms with Gasteiger partial charge in [-0.05, 0) is 18.8 Å². The number of ether oxygens (including phenoxy) is 1. The Balaban J connectivity index is 2.86. The maximum atomic E-state index is 12.7. The van der Waals surface area contributed by atoms with Gasteiger partial charge in [-0.15, -0.1) is 0 Å².